The summed E-state index contributed by atoms with van der Waals surface area (Å²) < 4.78 is 5.65. The minimum atomic E-state index is 0.0207. The van der Waals surface area contributed by atoms with E-state index in [9.17, 15) is 0 Å². The molecule has 0 spiro atoms. The molecule has 42 heavy (non-hydrogen) atoms. The topological polar surface area (TPSA) is 9.23 Å². The molecule has 1 nitrogen and oxygen atoms in total. The van der Waals surface area contributed by atoms with Crippen molar-refractivity contribution in [2.45, 2.75) is 134 Å². The molecule has 2 unspecified atom stereocenters. The van der Waals surface area contributed by atoms with Crippen LogP contribution in [0.15, 0.2) is 72.8 Å². The molecule has 0 aromatic heterocycles. The normalized spacial score (nSPS) is 14.4. The Morgan fingerprint density at radius 3 is 1.62 bits per heavy atom. The fraction of sp³-hybridized carbons (Fsp3) is 0.561. The molecule has 3 aromatic rings. The van der Waals surface area contributed by atoms with Gasteiger partial charge in [-0.05, 0) is 99.8 Å². The van der Waals surface area contributed by atoms with Crippen molar-refractivity contribution < 1.29 is 4.74 Å². The molecule has 0 heterocycles. The molecule has 2 atom stereocenters. The monoisotopic (exact) mass is 575 g/mol. The summed E-state index contributed by atoms with van der Waals surface area (Å²) in [5.74, 6) is 1.50. The smallest absolute Gasteiger partial charge is 0.0678 e. The molecule has 1 aliphatic rings. The standard InChI is InChI=1S/C17H20.C12H24O.C8H10.2C2H6/c1-4-13(2)15-10-7-8-12-17(15)16-11-6-5-9-14(16)3;1-6-12(4,10-8-7-9-10)11(2,3)13-5;1-7-4-3-5-8(2)6-7;2*1-2/h5-13H,4H2,1-3H3;10H,6-9H2,1-5H3;3-6H,1-2H3;2*1-2H3. The van der Waals surface area contributed by atoms with Crippen molar-refractivity contribution in [3.05, 3.63) is 95.1 Å². The van der Waals surface area contributed by atoms with Crippen molar-refractivity contribution in [1.82, 2.24) is 0 Å². The predicted molar refractivity (Wildman–Crippen MR) is 191 cm³/mol. The third-order valence-corrected chi connectivity index (χ3v) is 9.34. The Morgan fingerprint density at radius 1 is 0.738 bits per heavy atom. The number of hydrogen-bond donors (Lipinski definition) is 0. The Labute approximate surface area is 262 Å². The summed E-state index contributed by atoms with van der Waals surface area (Å²) in [5, 5.41) is 0. The van der Waals surface area contributed by atoms with Crippen LogP contribution < -0.4 is 0 Å². The Morgan fingerprint density at radius 2 is 1.24 bits per heavy atom. The van der Waals surface area contributed by atoms with Crippen LogP contribution in [0.1, 0.15) is 130 Å². The maximum absolute atomic E-state index is 5.65. The lowest BCUT2D eigenvalue weighted by Gasteiger charge is -2.51. The largest absolute Gasteiger partial charge is 0.378 e. The first-order chi connectivity index (χ1) is 20.0. The first kappa shape index (κ1) is 39.6. The van der Waals surface area contributed by atoms with Gasteiger partial charge in [-0.25, -0.2) is 0 Å². The number of rotatable bonds is 7. The van der Waals surface area contributed by atoms with E-state index in [0.29, 0.717) is 11.3 Å². The van der Waals surface area contributed by atoms with Crippen molar-refractivity contribution in [3.8, 4) is 11.1 Å². The van der Waals surface area contributed by atoms with Gasteiger partial charge in [-0.2, -0.15) is 0 Å². The van der Waals surface area contributed by atoms with Crippen LogP contribution in [0.3, 0.4) is 0 Å². The van der Waals surface area contributed by atoms with Crippen LogP contribution >= 0.6 is 0 Å². The first-order valence-electron chi connectivity index (χ1n) is 16.7. The van der Waals surface area contributed by atoms with Crippen molar-refractivity contribution in [3.63, 3.8) is 0 Å². The summed E-state index contributed by atoms with van der Waals surface area (Å²) in [6, 6.07) is 25.8. The van der Waals surface area contributed by atoms with Gasteiger partial charge in [0.15, 0.2) is 0 Å². The van der Waals surface area contributed by atoms with E-state index in [0.717, 1.165) is 5.92 Å². The van der Waals surface area contributed by atoms with E-state index < -0.39 is 0 Å². The molecular formula is C41H66O. The van der Waals surface area contributed by atoms with Crippen molar-refractivity contribution in [2.24, 2.45) is 11.3 Å². The predicted octanol–water partition coefficient (Wildman–Crippen LogP) is 13.2. The average Bonchev–Trinajstić information content (AvgIpc) is 2.98. The molecule has 0 saturated heterocycles. The number of ether oxygens (including phenoxy) is 1. The molecule has 1 fully saturated rings. The maximum Gasteiger partial charge on any atom is 0.0678 e. The lowest BCUT2D eigenvalue weighted by Crippen LogP contribution is -2.49. The van der Waals surface area contributed by atoms with Crippen molar-refractivity contribution in [2.75, 3.05) is 7.11 Å². The molecule has 1 aliphatic carbocycles. The Bertz CT molecular complexity index is 1090. The zero-order valence-electron chi connectivity index (χ0n) is 30.0. The van der Waals surface area contributed by atoms with Gasteiger partial charge in [-0.3, -0.25) is 0 Å². The Hall–Kier alpha value is -2.38. The molecule has 0 N–H and O–H groups in total. The number of benzene rings is 3. The fourth-order valence-corrected chi connectivity index (χ4v) is 5.56. The van der Waals surface area contributed by atoms with E-state index in [2.05, 4.69) is 135 Å². The third-order valence-electron chi connectivity index (χ3n) is 9.34. The molecule has 0 aliphatic heterocycles. The minimum Gasteiger partial charge on any atom is -0.378 e. The maximum atomic E-state index is 5.65. The molecule has 4 rings (SSSR count). The van der Waals surface area contributed by atoms with E-state index in [1.54, 1.807) is 0 Å². The van der Waals surface area contributed by atoms with Crippen LogP contribution in [-0.4, -0.2) is 12.7 Å². The van der Waals surface area contributed by atoms with E-state index in [-0.39, 0.29) is 5.60 Å². The van der Waals surface area contributed by atoms with Gasteiger partial charge in [0, 0.05) is 7.11 Å². The summed E-state index contributed by atoms with van der Waals surface area (Å²) >= 11 is 0. The summed E-state index contributed by atoms with van der Waals surface area (Å²) in [5.41, 5.74) is 8.62. The van der Waals surface area contributed by atoms with Crippen LogP contribution in [0.5, 0.6) is 0 Å². The summed E-state index contributed by atoms with van der Waals surface area (Å²) in [7, 11) is 1.84. The van der Waals surface area contributed by atoms with E-state index >= 15 is 0 Å². The van der Waals surface area contributed by atoms with Crippen molar-refractivity contribution >= 4 is 0 Å². The molecule has 1 heteroatoms. The molecule has 3 aromatic carbocycles. The number of aryl methyl sites for hydroxylation is 3. The van der Waals surface area contributed by atoms with Crippen LogP contribution in [0.4, 0.5) is 0 Å². The lowest BCUT2D eigenvalue weighted by molar-refractivity contribution is -0.125. The van der Waals surface area contributed by atoms with Gasteiger partial charge in [0.1, 0.15) is 0 Å². The van der Waals surface area contributed by atoms with Crippen LogP contribution in [0.2, 0.25) is 0 Å². The highest BCUT2D eigenvalue weighted by Gasteiger charge is 2.47. The summed E-state index contributed by atoms with van der Waals surface area (Å²) in [4.78, 5) is 0. The highest BCUT2D eigenvalue weighted by Crippen LogP contribution is 2.51. The fourth-order valence-electron chi connectivity index (χ4n) is 5.56. The highest BCUT2D eigenvalue weighted by molar-refractivity contribution is 5.71. The Balaban J connectivity index is 0.000000596. The van der Waals surface area contributed by atoms with Gasteiger partial charge in [0.2, 0.25) is 0 Å². The SMILES string of the molecule is CC.CC.CCC(C)(C1CCC1)C(C)(C)OC.CCC(C)c1ccccc1-c1ccccc1C.Cc1cccc(C)c1. The highest BCUT2D eigenvalue weighted by atomic mass is 16.5. The van der Waals surface area contributed by atoms with Gasteiger partial charge >= 0.3 is 0 Å². The second kappa shape index (κ2) is 20.5. The molecule has 0 amide bonds. The van der Waals surface area contributed by atoms with E-state index in [1.807, 2.05) is 34.8 Å². The van der Waals surface area contributed by atoms with E-state index in [4.69, 9.17) is 4.74 Å². The van der Waals surface area contributed by atoms with Crippen LogP contribution in [0, 0.1) is 32.1 Å². The first-order valence-corrected chi connectivity index (χ1v) is 16.7. The van der Waals surface area contributed by atoms with Gasteiger partial charge in [-0.1, -0.05) is 146 Å². The lowest BCUT2D eigenvalue weighted by atomic mass is 9.58. The van der Waals surface area contributed by atoms with Gasteiger partial charge in [0.25, 0.3) is 0 Å². The average molecular weight is 575 g/mol. The molecule has 236 valence electrons. The van der Waals surface area contributed by atoms with Gasteiger partial charge in [-0.15, -0.1) is 0 Å². The van der Waals surface area contributed by atoms with Crippen LogP contribution in [-0.2, 0) is 4.74 Å². The second-order valence-corrected chi connectivity index (χ2v) is 12.0. The summed E-state index contributed by atoms with van der Waals surface area (Å²) in [6.45, 7) is 28.1. The van der Waals surface area contributed by atoms with Crippen LogP contribution in [0.25, 0.3) is 11.1 Å². The molecule has 0 bridgehead atoms. The van der Waals surface area contributed by atoms with Gasteiger partial charge < -0.3 is 4.74 Å². The van der Waals surface area contributed by atoms with Gasteiger partial charge in [0.05, 0.1) is 5.60 Å². The number of hydrogen-bond acceptors (Lipinski definition) is 1. The number of methoxy groups -OCH3 is 1. The third kappa shape index (κ3) is 11.4. The molecular weight excluding hydrogens is 508 g/mol. The zero-order chi connectivity index (χ0) is 32.3. The minimum absolute atomic E-state index is 0.0207. The molecule has 0 radical (unpaired) electrons. The zero-order valence-corrected chi connectivity index (χ0v) is 30.0. The van der Waals surface area contributed by atoms with Crippen molar-refractivity contribution in [1.29, 1.82) is 0 Å². The quantitative estimate of drug-likeness (QED) is 0.273. The van der Waals surface area contributed by atoms with E-state index in [1.165, 1.54) is 65.5 Å². The Kier molecular flexibility index (Phi) is 19.3. The second-order valence-electron chi connectivity index (χ2n) is 12.0. The molecule has 1 saturated carbocycles. The summed E-state index contributed by atoms with van der Waals surface area (Å²) in [6.07, 6.45) is 6.62.